The second kappa shape index (κ2) is 51.8. The molecule has 4 aromatic carbocycles. The van der Waals surface area contributed by atoms with Gasteiger partial charge in [0.25, 0.3) is 5.91 Å². The van der Waals surface area contributed by atoms with E-state index in [0.717, 1.165) is 214 Å². The second-order valence-electron chi connectivity index (χ2n) is 36.8. The minimum atomic E-state index is -4.56. The van der Waals surface area contributed by atoms with Crippen LogP contribution in [0.5, 0.6) is 23.0 Å². The van der Waals surface area contributed by atoms with Gasteiger partial charge in [0, 0.05) is 21.3 Å². The first-order chi connectivity index (χ1) is 60.5. The molecule has 0 saturated heterocycles. The van der Waals surface area contributed by atoms with Crippen LogP contribution in [0.3, 0.4) is 0 Å². The molecule has 0 aliphatic heterocycles. The fourth-order valence-electron chi connectivity index (χ4n) is 22.2. The lowest BCUT2D eigenvalue weighted by Crippen LogP contribution is -2.33. The summed E-state index contributed by atoms with van der Waals surface area (Å²) in [5.74, 6) is 2.39. The van der Waals surface area contributed by atoms with Crippen LogP contribution in [0, 0.1) is 71.0 Å². The number of phosphoric ester groups is 1. The van der Waals surface area contributed by atoms with Crippen LogP contribution in [0.4, 0.5) is 4.79 Å². The predicted molar refractivity (Wildman–Crippen MR) is 477 cm³/mol. The van der Waals surface area contributed by atoms with Crippen LogP contribution in [0.25, 0.3) is 0 Å². The van der Waals surface area contributed by atoms with Gasteiger partial charge in [0.1, 0.15) is 35.6 Å². The Balaban J connectivity index is 0.000000190. The minimum absolute atomic E-state index is 0.0470. The van der Waals surface area contributed by atoms with Crippen molar-refractivity contribution < 1.29 is 122 Å². The van der Waals surface area contributed by atoms with Crippen LogP contribution in [-0.2, 0) is 98.6 Å². The maximum absolute atomic E-state index is 11.8. The first-order valence-corrected chi connectivity index (χ1v) is 48.6. The fourth-order valence-corrected chi connectivity index (χ4v) is 22.8. The Morgan fingerprint density at radius 1 is 0.421 bits per heavy atom. The number of carbonyl (C=O) groups excluding carboxylic acids is 2. The molecule has 28 heteroatoms. The Bertz CT molecular complexity index is 4100. The van der Waals surface area contributed by atoms with Gasteiger partial charge < -0.3 is 94.4 Å². The number of aliphatic hydroxyl groups excluding tert-OH is 4. The molecule has 0 heterocycles. The van der Waals surface area contributed by atoms with Gasteiger partial charge in [-0.05, 0) is 300 Å². The largest absolute Gasteiger partial charge is 0.483 e. The molecule has 8 aliphatic rings. The summed E-state index contributed by atoms with van der Waals surface area (Å²) < 4.78 is 56.1. The van der Waals surface area contributed by atoms with Crippen molar-refractivity contribution in [1.29, 1.82) is 0 Å². The third-order valence-electron chi connectivity index (χ3n) is 28.4. The number of hydrogen-bond donors (Lipinski definition) is 12. The number of aliphatic hydroxyl groups is 4. The molecule has 4 saturated carbocycles. The highest BCUT2D eigenvalue weighted by molar-refractivity contribution is 7.46. The average molecular weight is 1780 g/mol. The standard InChI is InChI=1S/2C25H37NO6.C25H38O5.C23H35O8P/c1-3-4-5-8-18(32-25(30)26-2)10-11-19-20-12-16-7-6-9-23(31-15-24(28)29)21(16)13-17(20)14-22(19)27;1-2-3-4-7-18(27)9-10-19-20-11-16-6-5-8-23(21(16)12-17(20)13-22(19)28)32-15-24(29)26-14-25(30)31;1-4-5-6-9-19(28-2)11-12-20-21-13-17-8-7-10-23(30-16-25(26)27)22(17)14-18(21)15-24(20)29-3;1-2-3-4-7-17(31-32(27,28)29)9-10-18-19-11-15-6-5-8-22(30-14-23(25)26)20(15)12-16(19)13-21(18)24/h6-7,9,17-20,22,27H,3-5,8,10-15H2,1-2H3,(H,26,30)(H,28,29);5-6,8,17-20,22,27-28H,2-4,7,9-15H2,1H3,(H,26,29)(H,30,31);7-8,10,18-21,24H,4-6,9,11-16H2,1-3H3,(H,26,27);5-6,8,16-19,21,24H,2-4,7,9-14H2,1H3,(H,25,26)(H2,27,28,29)/t2*17-,18-,19+,20-,22+;18-,19-,20+,21-,24+;16-,17-,18+,19-,21+/m0000/s1. The highest BCUT2D eigenvalue weighted by atomic mass is 31.2. The van der Waals surface area contributed by atoms with Crippen LogP contribution < -0.4 is 29.6 Å². The van der Waals surface area contributed by atoms with E-state index in [1.165, 1.54) is 41.5 Å². The van der Waals surface area contributed by atoms with Gasteiger partial charge in [-0.25, -0.2) is 23.7 Å². The fraction of sp³-hybridized carbons (Fsp3) is 0.694. The number of aliphatic carboxylic acids is 4. The number of carboxylic acids is 4. The van der Waals surface area contributed by atoms with Crippen LogP contribution in [0.15, 0.2) is 72.8 Å². The second-order valence-corrected chi connectivity index (χ2v) is 38.0. The molecular weight excluding hydrogens is 1640 g/mol. The highest BCUT2D eigenvalue weighted by Crippen LogP contribution is 2.54. The molecule has 704 valence electrons. The number of ether oxygens (including phenoxy) is 7. The average Bonchev–Trinajstić information content (AvgIpc) is 1.62. The third-order valence-corrected chi connectivity index (χ3v) is 29.0. The number of unbranched alkanes of at least 4 members (excludes halogenated alkanes) is 8. The molecule has 4 fully saturated rings. The molecule has 20 atom stereocenters. The molecule has 12 rings (SSSR count). The molecule has 27 nitrogen and oxygen atoms in total. The molecule has 0 bridgehead atoms. The van der Waals surface area contributed by atoms with E-state index in [2.05, 4.69) is 56.5 Å². The quantitative estimate of drug-likeness (QED) is 0.0144. The number of amides is 2. The maximum atomic E-state index is 11.8. The van der Waals surface area contributed by atoms with Crippen molar-refractivity contribution in [2.45, 2.75) is 308 Å². The van der Waals surface area contributed by atoms with E-state index in [-0.39, 0.29) is 80.4 Å². The molecule has 0 radical (unpaired) electrons. The Labute approximate surface area is 745 Å². The van der Waals surface area contributed by atoms with E-state index in [9.17, 15) is 63.5 Å². The normalized spacial score (nSPS) is 25.4. The molecular formula is C98H147N2O25P. The number of hydrogen-bond acceptors (Lipinski definition) is 19. The van der Waals surface area contributed by atoms with Gasteiger partial charge in [-0.3, -0.25) is 14.1 Å². The van der Waals surface area contributed by atoms with Crippen LogP contribution in [0.1, 0.15) is 252 Å². The van der Waals surface area contributed by atoms with Crippen molar-refractivity contribution in [3.05, 3.63) is 117 Å². The van der Waals surface area contributed by atoms with E-state index in [0.29, 0.717) is 96.6 Å². The van der Waals surface area contributed by atoms with Gasteiger partial charge in [0.15, 0.2) is 26.4 Å². The Hall–Kier alpha value is -7.43. The maximum Gasteiger partial charge on any atom is 0.469 e. The molecule has 4 aromatic rings. The van der Waals surface area contributed by atoms with Crippen molar-refractivity contribution in [2.75, 3.05) is 54.2 Å². The van der Waals surface area contributed by atoms with Crippen LogP contribution >= 0.6 is 7.82 Å². The summed E-state index contributed by atoms with van der Waals surface area (Å²) in [6.45, 7) is 6.97. The highest BCUT2D eigenvalue weighted by Gasteiger charge is 2.50. The zero-order valence-electron chi connectivity index (χ0n) is 75.5. The van der Waals surface area contributed by atoms with E-state index >= 15 is 0 Å². The van der Waals surface area contributed by atoms with Gasteiger partial charge in [-0.15, -0.1) is 0 Å². The molecule has 126 heavy (non-hydrogen) atoms. The first kappa shape index (κ1) is 102. The monoisotopic (exact) mass is 1780 g/mol. The first-order valence-electron chi connectivity index (χ1n) is 47.0. The molecule has 2 amide bonds. The summed E-state index contributed by atoms with van der Waals surface area (Å²) in [7, 11) is 0.707. The van der Waals surface area contributed by atoms with E-state index in [1.807, 2.05) is 62.8 Å². The van der Waals surface area contributed by atoms with Crippen molar-refractivity contribution in [1.82, 2.24) is 10.6 Å². The summed E-state index contributed by atoms with van der Waals surface area (Å²) in [5, 5.41) is 83.1. The summed E-state index contributed by atoms with van der Waals surface area (Å²) >= 11 is 0. The van der Waals surface area contributed by atoms with Gasteiger partial charge in [-0.1, -0.05) is 147 Å². The van der Waals surface area contributed by atoms with E-state index in [4.69, 9.17) is 58.1 Å². The lowest BCUT2D eigenvalue weighted by atomic mass is 9.73. The number of carboxylic acid groups (broad SMARTS) is 4. The lowest BCUT2D eigenvalue weighted by Gasteiger charge is -2.33. The molecule has 0 aromatic heterocycles. The molecule has 0 unspecified atom stereocenters. The van der Waals surface area contributed by atoms with E-state index < -0.39 is 62.5 Å². The zero-order chi connectivity index (χ0) is 91.0. The number of nitrogens with one attached hydrogen (secondary N) is 2. The Morgan fingerprint density at radius 3 is 1.13 bits per heavy atom. The van der Waals surface area contributed by atoms with Gasteiger partial charge in [0.05, 0.1) is 42.7 Å². The topological polar surface area (TPSA) is 420 Å². The third kappa shape index (κ3) is 30.9. The minimum Gasteiger partial charge on any atom is -0.483 e. The summed E-state index contributed by atoms with van der Waals surface area (Å²) in [6, 6.07) is 23.5. The number of carbonyl (C=O) groups is 6. The van der Waals surface area contributed by atoms with Crippen molar-refractivity contribution in [3.8, 4) is 23.0 Å². The number of benzene rings is 4. The number of alkyl carbamates (subject to hydrolysis) is 1. The molecule has 8 aliphatic carbocycles. The number of fused-ring (bicyclic) bond motifs is 8. The Kier molecular flexibility index (Phi) is 42.1. The van der Waals surface area contributed by atoms with Gasteiger partial charge in [0.2, 0.25) is 0 Å². The van der Waals surface area contributed by atoms with Gasteiger partial charge >= 0.3 is 37.8 Å². The SMILES string of the molecule is CCCCC[C@@H](CC[C@@H]1[C@H]2Cc3cccc(OCC(=O)O)c3C[C@H]2C[C@H]1O)OC(=O)NC.CCCCC[C@@H](CC[C@@H]1[C@H]2Cc3cccc(OCC(=O)O)c3C[C@H]2C[C@H]1O)OP(=O)(O)O.CCCCC[C@@H](CC[C@@H]1[C@H]2Cc3cccc(OCC(=O)O)c3C[C@H]2C[C@H]1OC)OC.CCCCC[C@H](O)CC[C@@H]1[C@H]2Cc3cccc(OCC(=O)NCC(=O)O)c3C[C@H]2C[C@H]1O. The summed E-state index contributed by atoms with van der Waals surface area (Å²) in [4.78, 5) is 85.5. The number of methoxy groups -OCH3 is 2. The van der Waals surface area contributed by atoms with Crippen molar-refractivity contribution in [2.24, 2.45) is 71.0 Å². The van der Waals surface area contributed by atoms with Crippen molar-refractivity contribution >= 4 is 43.7 Å². The molecule has 0 spiro atoms. The summed E-state index contributed by atoms with van der Waals surface area (Å²) in [6.07, 6.45) is 31.6. The number of phosphoric acid groups is 1. The van der Waals surface area contributed by atoms with Crippen molar-refractivity contribution in [3.63, 3.8) is 0 Å². The lowest BCUT2D eigenvalue weighted by molar-refractivity contribution is -0.140. The zero-order valence-corrected chi connectivity index (χ0v) is 76.4. The Morgan fingerprint density at radius 2 is 0.762 bits per heavy atom. The number of rotatable bonds is 47. The van der Waals surface area contributed by atoms with Crippen LogP contribution in [-0.4, -0.2) is 190 Å². The smallest absolute Gasteiger partial charge is 0.469 e. The van der Waals surface area contributed by atoms with Crippen LogP contribution in [0.2, 0.25) is 0 Å². The molecule has 12 N–H and O–H groups in total. The van der Waals surface area contributed by atoms with E-state index in [1.54, 1.807) is 13.1 Å². The summed E-state index contributed by atoms with van der Waals surface area (Å²) in [5.41, 5.74) is 9.23. The van der Waals surface area contributed by atoms with Gasteiger partial charge in [-0.2, -0.15) is 0 Å². The predicted octanol–water partition coefficient (Wildman–Crippen LogP) is 15.2.